The molecule has 0 spiro atoms. The van der Waals surface area contributed by atoms with Crippen LogP contribution in [0.3, 0.4) is 0 Å². The number of fused-ring (bicyclic) bond motifs is 1. The summed E-state index contributed by atoms with van der Waals surface area (Å²) in [5, 5.41) is 0. The van der Waals surface area contributed by atoms with Crippen molar-refractivity contribution in [2.45, 2.75) is 6.42 Å². The number of sulfonamides is 1. The maximum absolute atomic E-state index is 11.4. The van der Waals surface area contributed by atoms with Gasteiger partial charge in [-0.3, -0.25) is 4.31 Å². The fourth-order valence-corrected chi connectivity index (χ4v) is 2.78. The maximum Gasteiger partial charge on any atom is 0.232 e. The second kappa shape index (κ2) is 3.41. The Morgan fingerprint density at radius 3 is 2.73 bits per heavy atom. The number of benzene rings is 1. The molecule has 5 heteroatoms. The van der Waals surface area contributed by atoms with Gasteiger partial charge in [0, 0.05) is 6.54 Å². The predicted octanol–water partition coefficient (Wildman–Crippen LogP) is 1.02. The molecule has 0 saturated carbocycles. The van der Waals surface area contributed by atoms with Crippen molar-refractivity contribution in [3.05, 3.63) is 23.8 Å². The van der Waals surface area contributed by atoms with Gasteiger partial charge < -0.3 is 4.74 Å². The monoisotopic (exact) mass is 227 g/mol. The Labute approximate surface area is 89.5 Å². The lowest BCUT2D eigenvalue weighted by Crippen LogP contribution is -2.27. The summed E-state index contributed by atoms with van der Waals surface area (Å²) in [5.41, 5.74) is 1.80. The van der Waals surface area contributed by atoms with Crippen LogP contribution in [-0.4, -0.2) is 28.3 Å². The third-order valence-electron chi connectivity index (χ3n) is 2.54. The first-order chi connectivity index (χ1) is 7.02. The summed E-state index contributed by atoms with van der Waals surface area (Å²) in [6.45, 7) is 0.529. The number of nitrogens with zero attached hydrogens (tertiary/aromatic N) is 1. The van der Waals surface area contributed by atoms with E-state index >= 15 is 0 Å². The molecule has 0 saturated heterocycles. The van der Waals surface area contributed by atoms with Gasteiger partial charge in [-0.05, 0) is 30.2 Å². The highest BCUT2D eigenvalue weighted by atomic mass is 32.2. The first-order valence-electron chi connectivity index (χ1n) is 4.67. The molecule has 0 amide bonds. The largest absolute Gasteiger partial charge is 0.497 e. The highest BCUT2D eigenvalue weighted by Crippen LogP contribution is 2.32. The van der Waals surface area contributed by atoms with Gasteiger partial charge in [0.2, 0.25) is 10.0 Å². The van der Waals surface area contributed by atoms with Gasteiger partial charge in [-0.2, -0.15) is 0 Å². The molecule has 4 nitrogen and oxygen atoms in total. The van der Waals surface area contributed by atoms with Crippen molar-refractivity contribution in [1.82, 2.24) is 0 Å². The maximum atomic E-state index is 11.4. The molecule has 0 N–H and O–H groups in total. The lowest BCUT2D eigenvalue weighted by Gasteiger charge is -2.16. The Hall–Kier alpha value is -1.23. The van der Waals surface area contributed by atoms with E-state index in [1.54, 1.807) is 19.2 Å². The van der Waals surface area contributed by atoms with Gasteiger partial charge in [0.25, 0.3) is 0 Å². The van der Waals surface area contributed by atoms with Gasteiger partial charge >= 0.3 is 0 Å². The zero-order valence-corrected chi connectivity index (χ0v) is 9.54. The first kappa shape index (κ1) is 10.3. The molecular weight excluding hydrogens is 214 g/mol. The Morgan fingerprint density at radius 2 is 2.13 bits per heavy atom. The van der Waals surface area contributed by atoms with Crippen molar-refractivity contribution in [2.24, 2.45) is 0 Å². The van der Waals surface area contributed by atoms with Crippen molar-refractivity contribution in [3.8, 4) is 5.75 Å². The zero-order chi connectivity index (χ0) is 11.1. The normalized spacial score (nSPS) is 15.2. The molecule has 1 heterocycles. The van der Waals surface area contributed by atoms with Crippen LogP contribution in [0.2, 0.25) is 0 Å². The summed E-state index contributed by atoms with van der Waals surface area (Å²) in [6, 6.07) is 5.46. The number of hydrogen-bond acceptors (Lipinski definition) is 3. The Morgan fingerprint density at radius 1 is 1.40 bits per heavy atom. The van der Waals surface area contributed by atoms with Crippen LogP contribution >= 0.6 is 0 Å². The van der Waals surface area contributed by atoms with E-state index in [1.165, 1.54) is 10.6 Å². The van der Waals surface area contributed by atoms with E-state index in [9.17, 15) is 8.42 Å². The van der Waals surface area contributed by atoms with Crippen LogP contribution in [0.4, 0.5) is 5.69 Å². The Bertz CT molecular complexity index is 481. The highest BCUT2D eigenvalue weighted by molar-refractivity contribution is 7.92. The molecule has 2 rings (SSSR count). The van der Waals surface area contributed by atoms with E-state index in [2.05, 4.69) is 0 Å². The van der Waals surface area contributed by atoms with E-state index in [0.29, 0.717) is 6.54 Å². The molecular formula is C10H13NO3S. The smallest absolute Gasteiger partial charge is 0.232 e. The Balaban J connectivity index is 2.45. The summed E-state index contributed by atoms with van der Waals surface area (Å²) in [5.74, 6) is 0.768. The molecule has 1 aliphatic rings. The van der Waals surface area contributed by atoms with E-state index in [1.807, 2.05) is 6.07 Å². The van der Waals surface area contributed by atoms with Crippen molar-refractivity contribution in [1.29, 1.82) is 0 Å². The van der Waals surface area contributed by atoms with E-state index in [4.69, 9.17) is 4.74 Å². The van der Waals surface area contributed by atoms with Gasteiger partial charge in [-0.25, -0.2) is 8.42 Å². The van der Waals surface area contributed by atoms with E-state index in [0.717, 1.165) is 23.4 Å². The molecule has 0 aromatic heterocycles. The standard InChI is InChI=1S/C10H13NO3S/c1-14-9-3-4-10-8(7-9)5-6-11(10)15(2,12)13/h3-4,7H,5-6H2,1-2H3. The molecule has 0 radical (unpaired) electrons. The molecule has 1 aliphatic heterocycles. The quantitative estimate of drug-likeness (QED) is 0.757. The highest BCUT2D eigenvalue weighted by Gasteiger charge is 2.26. The minimum absolute atomic E-state index is 0.529. The molecule has 0 fully saturated rings. The number of hydrogen-bond donors (Lipinski definition) is 0. The van der Waals surface area contributed by atoms with Crippen LogP contribution in [0, 0.1) is 0 Å². The molecule has 0 bridgehead atoms. The van der Waals surface area contributed by atoms with Gasteiger partial charge in [-0.15, -0.1) is 0 Å². The summed E-state index contributed by atoms with van der Waals surface area (Å²) >= 11 is 0. The van der Waals surface area contributed by atoms with Crippen LogP contribution in [0.1, 0.15) is 5.56 Å². The molecule has 1 aromatic carbocycles. The van der Waals surface area contributed by atoms with Crippen LogP contribution < -0.4 is 9.04 Å². The number of ether oxygens (including phenoxy) is 1. The lowest BCUT2D eigenvalue weighted by atomic mass is 10.1. The topological polar surface area (TPSA) is 46.6 Å². The van der Waals surface area contributed by atoms with Crippen molar-refractivity contribution >= 4 is 15.7 Å². The van der Waals surface area contributed by atoms with Crippen LogP contribution in [-0.2, 0) is 16.4 Å². The fourth-order valence-electron chi connectivity index (χ4n) is 1.82. The molecule has 15 heavy (non-hydrogen) atoms. The number of methoxy groups -OCH3 is 1. The van der Waals surface area contributed by atoms with E-state index < -0.39 is 10.0 Å². The van der Waals surface area contributed by atoms with Crippen molar-refractivity contribution in [2.75, 3.05) is 24.2 Å². The van der Waals surface area contributed by atoms with Gasteiger partial charge in [0.1, 0.15) is 5.75 Å². The van der Waals surface area contributed by atoms with Gasteiger partial charge in [0.05, 0.1) is 19.1 Å². The van der Waals surface area contributed by atoms with Crippen LogP contribution in [0.25, 0.3) is 0 Å². The van der Waals surface area contributed by atoms with Gasteiger partial charge in [-0.1, -0.05) is 0 Å². The first-order valence-corrected chi connectivity index (χ1v) is 6.52. The lowest BCUT2D eigenvalue weighted by molar-refractivity contribution is 0.414. The van der Waals surface area contributed by atoms with E-state index in [-0.39, 0.29) is 0 Å². The summed E-state index contributed by atoms with van der Waals surface area (Å²) in [4.78, 5) is 0. The van der Waals surface area contributed by atoms with Crippen LogP contribution in [0.5, 0.6) is 5.75 Å². The molecule has 82 valence electrons. The fraction of sp³-hybridized carbons (Fsp3) is 0.400. The SMILES string of the molecule is COc1ccc2c(c1)CCN2S(C)(=O)=O. The summed E-state index contributed by atoms with van der Waals surface area (Å²) < 4.78 is 29.4. The Kier molecular flexibility index (Phi) is 2.34. The molecule has 0 unspecified atom stereocenters. The zero-order valence-electron chi connectivity index (χ0n) is 8.73. The average Bonchev–Trinajstić information content (AvgIpc) is 2.59. The summed E-state index contributed by atoms with van der Waals surface area (Å²) in [6.07, 6.45) is 1.98. The second-order valence-corrected chi connectivity index (χ2v) is 5.49. The number of anilines is 1. The third-order valence-corrected chi connectivity index (χ3v) is 3.72. The third kappa shape index (κ3) is 1.79. The van der Waals surface area contributed by atoms with Crippen molar-refractivity contribution in [3.63, 3.8) is 0 Å². The van der Waals surface area contributed by atoms with Crippen molar-refractivity contribution < 1.29 is 13.2 Å². The van der Waals surface area contributed by atoms with Crippen LogP contribution in [0.15, 0.2) is 18.2 Å². The average molecular weight is 227 g/mol. The minimum Gasteiger partial charge on any atom is -0.497 e. The second-order valence-electron chi connectivity index (χ2n) is 3.58. The number of rotatable bonds is 2. The molecule has 0 aliphatic carbocycles. The predicted molar refractivity (Wildman–Crippen MR) is 58.9 cm³/mol. The molecule has 0 atom stereocenters. The minimum atomic E-state index is -3.14. The van der Waals surface area contributed by atoms with Gasteiger partial charge in [0.15, 0.2) is 0 Å². The summed E-state index contributed by atoms with van der Waals surface area (Å²) in [7, 11) is -1.54. The molecule has 1 aromatic rings.